The molecule has 0 heterocycles. The number of hydrogen-bond donors (Lipinski definition) is 1. The van der Waals surface area contributed by atoms with E-state index in [1.165, 1.54) is 6.07 Å². The van der Waals surface area contributed by atoms with Gasteiger partial charge in [0.25, 0.3) is 0 Å². The Morgan fingerprint density at radius 3 is 2.08 bits per heavy atom. The van der Waals surface area contributed by atoms with Crippen LogP contribution in [0.1, 0.15) is 6.92 Å². The summed E-state index contributed by atoms with van der Waals surface area (Å²) in [5.74, 6) is -0.314. The average Bonchev–Trinajstić information content (AvgIpc) is 2.63. The monoisotopic (exact) mass is 348 g/mol. The first-order valence-corrected chi connectivity index (χ1v) is 8.01. The summed E-state index contributed by atoms with van der Waals surface area (Å²) in [5, 5.41) is 9.35. The van der Waals surface area contributed by atoms with Gasteiger partial charge >= 0.3 is 5.97 Å². The predicted octanol–water partition coefficient (Wildman–Crippen LogP) is 5.35. The van der Waals surface area contributed by atoms with Crippen molar-refractivity contribution in [1.82, 2.24) is 0 Å². The third kappa shape index (κ3) is 3.81. The van der Waals surface area contributed by atoms with Gasteiger partial charge in [-0.1, -0.05) is 43.0 Å². The lowest BCUT2D eigenvalue weighted by atomic mass is 9.99. The first-order valence-electron chi connectivity index (χ1n) is 8.01. The maximum absolute atomic E-state index is 14.6. The van der Waals surface area contributed by atoms with Crippen molar-refractivity contribution in [2.75, 3.05) is 0 Å². The van der Waals surface area contributed by atoms with Crippen molar-refractivity contribution < 1.29 is 19.0 Å². The molecule has 0 aliphatic rings. The fourth-order valence-corrected chi connectivity index (χ4v) is 2.48. The normalized spacial score (nSPS) is 10.4. The first-order chi connectivity index (χ1) is 12.4. The quantitative estimate of drug-likeness (QED) is 0.393. The molecule has 0 aromatic heterocycles. The number of rotatable bonds is 4. The smallest absolute Gasteiger partial charge is 0.338 e. The third-order valence-electron chi connectivity index (χ3n) is 3.89. The van der Waals surface area contributed by atoms with E-state index in [1.54, 1.807) is 61.5 Å². The van der Waals surface area contributed by atoms with Gasteiger partial charge in [0.1, 0.15) is 17.3 Å². The van der Waals surface area contributed by atoms with Crippen molar-refractivity contribution >= 4 is 5.97 Å². The summed E-state index contributed by atoms with van der Waals surface area (Å²) >= 11 is 0. The van der Waals surface area contributed by atoms with Crippen LogP contribution in [0, 0.1) is 5.82 Å². The van der Waals surface area contributed by atoms with Gasteiger partial charge in [-0.2, -0.15) is 0 Å². The summed E-state index contributed by atoms with van der Waals surface area (Å²) in [5.41, 5.74) is 2.97. The van der Waals surface area contributed by atoms with Crippen LogP contribution < -0.4 is 4.74 Å². The third-order valence-corrected chi connectivity index (χ3v) is 3.89. The Bertz CT molecular complexity index is 958. The highest BCUT2D eigenvalue weighted by atomic mass is 19.1. The minimum Gasteiger partial charge on any atom is -0.508 e. The molecule has 0 spiro atoms. The molecule has 0 aliphatic carbocycles. The van der Waals surface area contributed by atoms with Crippen LogP contribution in [-0.2, 0) is 4.79 Å². The van der Waals surface area contributed by atoms with Crippen molar-refractivity contribution in [3.05, 3.63) is 84.7 Å². The van der Waals surface area contributed by atoms with Crippen LogP contribution in [-0.4, -0.2) is 11.1 Å². The van der Waals surface area contributed by atoms with Crippen LogP contribution in [0.5, 0.6) is 11.5 Å². The lowest BCUT2D eigenvalue weighted by Gasteiger charge is -2.09. The van der Waals surface area contributed by atoms with E-state index in [0.29, 0.717) is 22.4 Å². The Balaban J connectivity index is 1.84. The maximum atomic E-state index is 14.6. The number of hydrogen-bond acceptors (Lipinski definition) is 3. The van der Waals surface area contributed by atoms with Crippen molar-refractivity contribution in [2.24, 2.45) is 0 Å². The van der Waals surface area contributed by atoms with E-state index >= 15 is 0 Å². The summed E-state index contributed by atoms with van der Waals surface area (Å²) in [6.07, 6.45) is 0. The molecule has 0 atom stereocenters. The maximum Gasteiger partial charge on any atom is 0.338 e. The van der Waals surface area contributed by atoms with E-state index in [2.05, 4.69) is 6.58 Å². The first kappa shape index (κ1) is 17.4. The highest BCUT2D eigenvalue weighted by molar-refractivity contribution is 5.88. The number of phenols is 1. The van der Waals surface area contributed by atoms with Crippen LogP contribution in [0.2, 0.25) is 0 Å². The molecule has 130 valence electrons. The molecule has 3 aromatic carbocycles. The Labute approximate surface area is 151 Å². The highest BCUT2D eigenvalue weighted by Crippen LogP contribution is 2.29. The number of aromatic hydroxyl groups is 1. The Morgan fingerprint density at radius 2 is 1.50 bits per heavy atom. The minimum atomic E-state index is -0.498. The summed E-state index contributed by atoms with van der Waals surface area (Å²) in [6.45, 7) is 5.10. The molecule has 3 aromatic rings. The Morgan fingerprint density at radius 1 is 0.923 bits per heavy atom. The SMILES string of the molecule is C=C(C)C(=O)Oc1ccc(-c2ccc(-c3ccc(O)cc3)cc2F)cc1. The van der Waals surface area contributed by atoms with E-state index in [-0.39, 0.29) is 11.6 Å². The fourth-order valence-electron chi connectivity index (χ4n) is 2.48. The zero-order valence-corrected chi connectivity index (χ0v) is 14.2. The van der Waals surface area contributed by atoms with Gasteiger partial charge in [0.15, 0.2) is 0 Å². The van der Waals surface area contributed by atoms with Crippen molar-refractivity contribution in [1.29, 1.82) is 0 Å². The fraction of sp³-hybridized carbons (Fsp3) is 0.0455. The largest absolute Gasteiger partial charge is 0.508 e. The number of benzene rings is 3. The zero-order valence-electron chi connectivity index (χ0n) is 14.2. The number of carbonyl (C=O) groups excluding carboxylic acids is 1. The summed E-state index contributed by atoms with van der Waals surface area (Å²) in [7, 11) is 0. The molecule has 3 nitrogen and oxygen atoms in total. The lowest BCUT2D eigenvalue weighted by molar-refractivity contribution is -0.130. The van der Waals surface area contributed by atoms with Crippen molar-refractivity contribution in [2.45, 2.75) is 6.92 Å². The second-order valence-electron chi connectivity index (χ2n) is 5.94. The Hall–Kier alpha value is -3.40. The van der Waals surface area contributed by atoms with E-state index < -0.39 is 5.97 Å². The summed E-state index contributed by atoms with van der Waals surface area (Å²) < 4.78 is 19.7. The summed E-state index contributed by atoms with van der Waals surface area (Å²) in [6, 6.07) is 18.2. The second kappa shape index (κ2) is 7.23. The molecule has 0 saturated carbocycles. The van der Waals surface area contributed by atoms with Gasteiger partial charge in [-0.25, -0.2) is 9.18 Å². The molecule has 3 rings (SSSR count). The second-order valence-corrected chi connectivity index (χ2v) is 5.94. The van der Waals surface area contributed by atoms with Gasteiger partial charge < -0.3 is 9.84 Å². The minimum absolute atomic E-state index is 0.165. The molecule has 0 saturated heterocycles. The topological polar surface area (TPSA) is 46.5 Å². The molecule has 4 heteroatoms. The summed E-state index contributed by atoms with van der Waals surface area (Å²) in [4.78, 5) is 11.5. The molecule has 26 heavy (non-hydrogen) atoms. The van der Waals surface area contributed by atoms with E-state index in [4.69, 9.17) is 4.74 Å². The molecular formula is C22H17FO3. The van der Waals surface area contributed by atoms with Gasteiger partial charge in [-0.15, -0.1) is 0 Å². The molecule has 0 aliphatic heterocycles. The van der Waals surface area contributed by atoms with Gasteiger partial charge in [-0.3, -0.25) is 0 Å². The van der Waals surface area contributed by atoms with E-state index in [0.717, 1.165) is 11.1 Å². The van der Waals surface area contributed by atoms with Crippen LogP contribution in [0.4, 0.5) is 4.39 Å². The standard InChI is InChI=1S/C22H17FO3/c1-14(2)22(25)26-19-10-5-16(6-11-19)20-12-7-17(13-21(20)23)15-3-8-18(24)9-4-15/h3-13,24H,1H2,2H3. The number of carbonyl (C=O) groups is 1. The number of esters is 1. The highest BCUT2D eigenvalue weighted by Gasteiger charge is 2.09. The van der Waals surface area contributed by atoms with Gasteiger partial charge in [0.2, 0.25) is 0 Å². The number of phenolic OH excluding ortho intramolecular Hbond substituents is 1. The molecule has 0 fully saturated rings. The lowest BCUT2D eigenvalue weighted by Crippen LogP contribution is -2.07. The van der Waals surface area contributed by atoms with Crippen LogP contribution >= 0.6 is 0 Å². The van der Waals surface area contributed by atoms with Crippen LogP contribution in [0.15, 0.2) is 78.9 Å². The number of halogens is 1. The molecule has 0 amide bonds. The molecule has 0 radical (unpaired) electrons. The molecule has 0 bridgehead atoms. The van der Waals surface area contributed by atoms with Gasteiger partial charge in [-0.05, 0) is 53.9 Å². The van der Waals surface area contributed by atoms with E-state index in [9.17, 15) is 14.3 Å². The number of ether oxygens (including phenoxy) is 1. The predicted molar refractivity (Wildman–Crippen MR) is 99.4 cm³/mol. The Kier molecular flexibility index (Phi) is 4.85. The average molecular weight is 348 g/mol. The molecule has 0 unspecified atom stereocenters. The molecular weight excluding hydrogens is 331 g/mol. The van der Waals surface area contributed by atoms with Gasteiger partial charge in [0.05, 0.1) is 0 Å². The van der Waals surface area contributed by atoms with Crippen molar-refractivity contribution in [3.8, 4) is 33.8 Å². The molecule has 1 N–H and O–H groups in total. The van der Waals surface area contributed by atoms with Crippen LogP contribution in [0.25, 0.3) is 22.3 Å². The van der Waals surface area contributed by atoms with E-state index in [1.807, 2.05) is 6.07 Å². The zero-order chi connectivity index (χ0) is 18.7. The van der Waals surface area contributed by atoms with Gasteiger partial charge in [0, 0.05) is 11.1 Å². The van der Waals surface area contributed by atoms with Crippen molar-refractivity contribution in [3.63, 3.8) is 0 Å². The van der Waals surface area contributed by atoms with Crippen LogP contribution in [0.3, 0.4) is 0 Å².